The Labute approximate surface area is 179 Å². The third-order valence-electron chi connectivity index (χ3n) is 4.78. The minimum atomic E-state index is -0.310. The maximum atomic E-state index is 12.9. The number of amides is 1. The second kappa shape index (κ2) is 8.71. The van der Waals surface area contributed by atoms with Crippen molar-refractivity contribution in [3.63, 3.8) is 0 Å². The summed E-state index contributed by atoms with van der Waals surface area (Å²) in [5, 5.41) is 1.25. The monoisotopic (exact) mass is 429 g/mol. The summed E-state index contributed by atoms with van der Waals surface area (Å²) in [6.45, 7) is 8.68. The highest BCUT2D eigenvalue weighted by Crippen LogP contribution is 2.37. The Morgan fingerprint density at radius 1 is 1.24 bits per heavy atom. The van der Waals surface area contributed by atoms with E-state index in [-0.39, 0.29) is 16.9 Å². The van der Waals surface area contributed by atoms with Crippen molar-refractivity contribution in [1.82, 2.24) is 9.97 Å². The molecule has 0 aliphatic heterocycles. The molecule has 0 radical (unpaired) electrons. The molecule has 0 saturated carbocycles. The highest BCUT2D eigenvalue weighted by molar-refractivity contribution is 7.99. The molecule has 7 heteroatoms. The summed E-state index contributed by atoms with van der Waals surface area (Å²) in [5.74, 6) is 0.375. The third kappa shape index (κ3) is 4.90. The van der Waals surface area contributed by atoms with E-state index in [1.165, 1.54) is 17.3 Å². The number of fused-ring (bicyclic) bond motifs is 1. The summed E-state index contributed by atoms with van der Waals surface area (Å²) < 4.78 is 0. The Bertz CT molecular complexity index is 1080. The fraction of sp³-hybridized carbons (Fsp3) is 0.409. The number of hydrogen-bond acceptors (Lipinski definition) is 5. The fourth-order valence-electron chi connectivity index (χ4n) is 3.21. The number of nitrogens with zero attached hydrogens (tertiary/aromatic N) is 1. The van der Waals surface area contributed by atoms with Crippen LogP contribution in [-0.2, 0) is 16.6 Å². The quantitative estimate of drug-likeness (QED) is 0.319. The number of primary amides is 1. The van der Waals surface area contributed by atoms with E-state index >= 15 is 0 Å². The molecule has 0 atom stereocenters. The SMILES string of the molecule is CCc1sc2nc(SCCCC(N)=O)[nH]c(=O)c2c1-c1ccc(C(C)(C)C)cc1. The molecule has 1 amide bonds. The first-order chi connectivity index (χ1) is 13.7. The lowest BCUT2D eigenvalue weighted by Crippen LogP contribution is -2.11. The number of aromatic nitrogens is 2. The third-order valence-corrected chi connectivity index (χ3v) is 6.97. The molecule has 5 nitrogen and oxygen atoms in total. The molecule has 0 aliphatic rings. The average Bonchev–Trinajstić information content (AvgIpc) is 3.03. The summed E-state index contributed by atoms with van der Waals surface area (Å²) in [6.07, 6.45) is 1.85. The number of aryl methyl sites for hydroxylation is 1. The summed E-state index contributed by atoms with van der Waals surface area (Å²) in [5.41, 5.74) is 8.45. The lowest BCUT2D eigenvalue weighted by atomic mass is 9.86. The van der Waals surface area contributed by atoms with E-state index in [4.69, 9.17) is 5.73 Å². The lowest BCUT2D eigenvalue weighted by Gasteiger charge is -2.19. The van der Waals surface area contributed by atoms with E-state index in [9.17, 15) is 9.59 Å². The van der Waals surface area contributed by atoms with Crippen molar-refractivity contribution in [2.75, 3.05) is 5.75 Å². The van der Waals surface area contributed by atoms with E-state index in [1.54, 1.807) is 11.3 Å². The number of carbonyl (C=O) groups is 1. The van der Waals surface area contributed by atoms with Gasteiger partial charge in [0.05, 0.1) is 5.39 Å². The normalized spacial score (nSPS) is 11.9. The molecule has 0 unspecified atom stereocenters. The van der Waals surface area contributed by atoms with Crippen LogP contribution < -0.4 is 11.3 Å². The van der Waals surface area contributed by atoms with Crippen molar-refractivity contribution in [3.8, 4) is 11.1 Å². The predicted molar refractivity (Wildman–Crippen MR) is 123 cm³/mol. The molecule has 3 aromatic rings. The summed E-state index contributed by atoms with van der Waals surface area (Å²) in [7, 11) is 0. The predicted octanol–water partition coefficient (Wildman–Crippen LogP) is 4.87. The van der Waals surface area contributed by atoms with E-state index in [0.717, 1.165) is 27.3 Å². The van der Waals surface area contributed by atoms with Gasteiger partial charge in [-0.2, -0.15) is 0 Å². The van der Waals surface area contributed by atoms with Gasteiger partial charge in [0.1, 0.15) is 4.83 Å². The largest absolute Gasteiger partial charge is 0.370 e. The van der Waals surface area contributed by atoms with Crippen LogP contribution in [0.15, 0.2) is 34.2 Å². The van der Waals surface area contributed by atoms with Gasteiger partial charge < -0.3 is 10.7 Å². The van der Waals surface area contributed by atoms with Crippen molar-refractivity contribution < 1.29 is 4.79 Å². The number of aromatic amines is 1. The number of rotatable bonds is 7. The highest BCUT2D eigenvalue weighted by atomic mass is 32.2. The summed E-state index contributed by atoms with van der Waals surface area (Å²) in [6, 6.07) is 8.49. The van der Waals surface area contributed by atoms with Crippen LogP contribution in [-0.4, -0.2) is 21.6 Å². The molecular weight excluding hydrogens is 402 g/mol. The van der Waals surface area contributed by atoms with Crippen molar-refractivity contribution in [2.45, 2.75) is 57.5 Å². The maximum Gasteiger partial charge on any atom is 0.260 e. The van der Waals surface area contributed by atoms with Gasteiger partial charge >= 0.3 is 0 Å². The van der Waals surface area contributed by atoms with Crippen LogP contribution in [0.4, 0.5) is 0 Å². The van der Waals surface area contributed by atoms with Gasteiger partial charge in [0.15, 0.2) is 5.16 Å². The van der Waals surface area contributed by atoms with Crippen LogP contribution in [0.3, 0.4) is 0 Å². The zero-order valence-electron chi connectivity index (χ0n) is 17.3. The van der Waals surface area contributed by atoms with Gasteiger partial charge in [0.25, 0.3) is 5.56 Å². The summed E-state index contributed by atoms with van der Waals surface area (Å²) in [4.78, 5) is 33.3. The Kier molecular flexibility index (Phi) is 6.49. The molecule has 2 heterocycles. The Balaban J connectivity index is 1.98. The number of hydrogen-bond donors (Lipinski definition) is 2. The van der Waals surface area contributed by atoms with Crippen molar-refractivity contribution in [2.24, 2.45) is 5.73 Å². The first-order valence-electron chi connectivity index (χ1n) is 9.78. The van der Waals surface area contributed by atoms with E-state index in [0.29, 0.717) is 29.1 Å². The number of thiophene rings is 1. The Morgan fingerprint density at radius 2 is 1.93 bits per heavy atom. The van der Waals surface area contributed by atoms with Crippen molar-refractivity contribution >= 4 is 39.2 Å². The number of H-pyrrole nitrogens is 1. The molecule has 3 N–H and O–H groups in total. The van der Waals surface area contributed by atoms with Gasteiger partial charge in [-0.15, -0.1) is 11.3 Å². The van der Waals surface area contributed by atoms with Gasteiger partial charge in [-0.3, -0.25) is 9.59 Å². The zero-order valence-corrected chi connectivity index (χ0v) is 18.9. The molecule has 0 aliphatic carbocycles. The second-order valence-corrected chi connectivity index (χ2v) is 10.2. The molecule has 0 fully saturated rings. The van der Waals surface area contributed by atoms with Gasteiger partial charge in [-0.25, -0.2) is 4.98 Å². The molecule has 0 spiro atoms. The first-order valence-corrected chi connectivity index (χ1v) is 11.6. The van der Waals surface area contributed by atoms with Crippen molar-refractivity contribution in [3.05, 3.63) is 45.1 Å². The maximum absolute atomic E-state index is 12.9. The van der Waals surface area contributed by atoms with Gasteiger partial charge in [-0.1, -0.05) is 63.7 Å². The second-order valence-electron chi connectivity index (χ2n) is 8.05. The number of thioether (sulfide) groups is 1. The molecule has 3 rings (SSSR count). The summed E-state index contributed by atoms with van der Waals surface area (Å²) >= 11 is 3.03. The fourth-order valence-corrected chi connectivity index (χ4v) is 5.20. The highest BCUT2D eigenvalue weighted by Gasteiger charge is 2.19. The van der Waals surface area contributed by atoms with Gasteiger partial charge in [-0.05, 0) is 29.4 Å². The topological polar surface area (TPSA) is 88.8 Å². The van der Waals surface area contributed by atoms with Crippen LogP contribution in [0.1, 0.15) is 51.0 Å². The average molecular weight is 430 g/mol. The zero-order chi connectivity index (χ0) is 21.2. The minimum Gasteiger partial charge on any atom is -0.370 e. The lowest BCUT2D eigenvalue weighted by molar-refractivity contribution is -0.118. The van der Waals surface area contributed by atoms with Crippen LogP contribution in [0.25, 0.3) is 21.3 Å². The molecule has 1 aromatic carbocycles. The Morgan fingerprint density at radius 3 is 2.52 bits per heavy atom. The van der Waals surface area contributed by atoms with Crippen LogP contribution >= 0.6 is 23.1 Å². The molecule has 0 bridgehead atoms. The van der Waals surface area contributed by atoms with E-state index < -0.39 is 0 Å². The number of benzene rings is 1. The number of carbonyl (C=O) groups excluding carboxylic acids is 1. The molecule has 0 saturated heterocycles. The first kappa shape index (κ1) is 21.6. The van der Waals surface area contributed by atoms with Crippen LogP contribution in [0.5, 0.6) is 0 Å². The molecule has 29 heavy (non-hydrogen) atoms. The standard InChI is InChI=1S/C22H27N3O2S2/c1-5-15-17(13-8-10-14(11-9-13)22(2,3)4)18-19(27)24-21(25-20(18)29-15)28-12-6-7-16(23)26/h8-11H,5-7,12H2,1-4H3,(H2,23,26)(H,24,25,27). The minimum absolute atomic E-state index is 0.0858. The van der Waals surface area contributed by atoms with E-state index in [1.807, 2.05) is 0 Å². The number of nitrogens with two attached hydrogens (primary N) is 1. The van der Waals surface area contributed by atoms with Gasteiger partial charge in [0.2, 0.25) is 5.91 Å². The Hall–Kier alpha value is -2.12. The smallest absolute Gasteiger partial charge is 0.260 e. The van der Waals surface area contributed by atoms with Crippen molar-refractivity contribution in [1.29, 1.82) is 0 Å². The molecule has 154 valence electrons. The molecular formula is C22H27N3O2S2. The molecule has 2 aromatic heterocycles. The van der Waals surface area contributed by atoms with Gasteiger partial charge in [0, 0.05) is 22.6 Å². The number of nitrogens with one attached hydrogen (secondary N) is 1. The van der Waals surface area contributed by atoms with E-state index in [2.05, 4.69) is 61.9 Å². The van der Waals surface area contributed by atoms with Crippen LogP contribution in [0, 0.1) is 0 Å². The van der Waals surface area contributed by atoms with Crippen LogP contribution in [0.2, 0.25) is 0 Å².